The minimum absolute atomic E-state index is 0.0446. The molecule has 0 unspecified atom stereocenters. The summed E-state index contributed by atoms with van der Waals surface area (Å²) < 4.78 is 7.36. The normalized spacial score (nSPS) is 14.3. The lowest BCUT2D eigenvalue weighted by molar-refractivity contribution is 0.486. The number of rotatable bonds is 6. The van der Waals surface area contributed by atoms with Crippen LogP contribution in [0.5, 0.6) is 11.5 Å². The lowest BCUT2D eigenvalue weighted by Crippen LogP contribution is -2.66. The van der Waals surface area contributed by atoms with E-state index >= 15 is 0 Å². The van der Waals surface area contributed by atoms with Crippen molar-refractivity contribution in [1.82, 2.24) is 0 Å². The molecule has 0 spiro atoms. The van der Waals surface area contributed by atoms with Gasteiger partial charge in [-0.15, -0.1) is 0 Å². The zero-order valence-corrected chi connectivity index (χ0v) is 35.8. The first-order chi connectivity index (χ1) is 29.5. The summed E-state index contributed by atoms with van der Waals surface area (Å²) in [4.78, 5) is 4.93. The topological polar surface area (TPSA) is 15.7 Å². The van der Waals surface area contributed by atoms with E-state index in [-0.39, 0.29) is 17.5 Å². The molecule has 0 N–H and O–H groups in total. The predicted molar refractivity (Wildman–Crippen MR) is 256 cm³/mol. The average Bonchev–Trinajstić information content (AvgIpc) is 3.27. The first kappa shape index (κ1) is 37.2. The number of hydrogen-bond acceptors (Lipinski definition) is 3. The Morgan fingerprint density at radius 3 is 1.49 bits per heavy atom. The summed E-state index contributed by atoms with van der Waals surface area (Å²) >= 11 is 0. The maximum absolute atomic E-state index is 7.36. The van der Waals surface area contributed by atoms with Crippen LogP contribution in [0, 0.1) is 0 Å². The molecule has 0 saturated heterocycles. The summed E-state index contributed by atoms with van der Waals surface area (Å²) in [5.74, 6) is 1.80. The summed E-state index contributed by atoms with van der Waals surface area (Å²) in [5.41, 5.74) is 17.4. The zero-order chi connectivity index (χ0) is 41.7. The van der Waals surface area contributed by atoms with E-state index in [9.17, 15) is 0 Å². The van der Waals surface area contributed by atoms with Crippen molar-refractivity contribution in [2.75, 3.05) is 9.80 Å². The van der Waals surface area contributed by atoms with Crippen molar-refractivity contribution in [2.45, 2.75) is 57.8 Å². The van der Waals surface area contributed by atoms with Gasteiger partial charge in [0.2, 0.25) is 0 Å². The van der Waals surface area contributed by atoms with Crippen molar-refractivity contribution >= 4 is 57.2 Å². The molecule has 3 aliphatic heterocycles. The van der Waals surface area contributed by atoms with Crippen LogP contribution in [0.3, 0.4) is 0 Å². The molecule has 0 aromatic heterocycles. The molecule has 0 bridgehead atoms. The van der Waals surface area contributed by atoms with Crippen LogP contribution < -0.4 is 30.9 Å². The number of anilines is 6. The highest BCUT2D eigenvalue weighted by Gasteiger charge is 2.54. The Kier molecular flexibility index (Phi) is 8.32. The number of nitrogens with zero attached hydrogens (tertiary/aromatic N) is 2. The molecule has 3 heterocycles. The number of hydrogen-bond donors (Lipinski definition) is 0. The van der Waals surface area contributed by atoms with Gasteiger partial charge in [-0.25, -0.2) is 0 Å². The number of para-hydroxylation sites is 2. The molecule has 61 heavy (non-hydrogen) atoms. The number of ether oxygens (including phenoxy) is 1. The first-order valence-electron chi connectivity index (χ1n) is 21.6. The van der Waals surface area contributed by atoms with Crippen molar-refractivity contribution in [1.29, 1.82) is 0 Å². The SMILES string of the molecule is CC(C)(C)c1cc(N2c3cc(N(c4ccccc4)c4ccccc4)cc4c3B3c5c(cccc5C(c5ccccc5)(c5ccccc5)c5cccc2c53)O4)cc(C(C)(C)C)c1. The molecule has 0 atom stereocenters. The van der Waals surface area contributed by atoms with Crippen LogP contribution in [-0.2, 0) is 16.2 Å². The van der Waals surface area contributed by atoms with Gasteiger partial charge >= 0.3 is 0 Å². The zero-order valence-electron chi connectivity index (χ0n) is 35.8. The van der Waals surface area contributed by atoms with Gasteiger partial charge in [0.1, 0.15) is 11.5 Å². The minimum Gasteiger partial charge on any atom is -0.458 e. The summed E-state index contributed by atoms with van der Waals surface area (Å²) in [7, 11) is 0. The van der Waals surface area contributed by atoms with Gasteiger partial charge in [0, 0.05) is 34.5 Å². The first-order valence-corrected chi connectivity index (χ1v) is 21.6. The lowest BCUT2D eigenvalue weighted by Gasteiger charge is -2.50. The fourth-order valence-corrected chi connectivity index (χ4v) is 10.4. The number of benzene rings is 8. The molecule has 296 valence electrons. The Bertz CT molecular complexity index is 2860. The third-order valence-corrected chi connectivity index (χ3v) is 13.2. The maximum atomic E-state index is 7.36. The maximum Gasteiger partial charge on any atom is 0.257 e. The van der Waals surface area contributed by atoms with Crippen LogP contribution in [0.2, 0.25) is 0 Å². The van der Waals surface area contributed by atoms with Crippen molar-refractivity contribution in [3.8, 4) is 11.5 Å². The second kappa shape index (κ2) is 13.6. The second-order valence-electron chi connectivity index (χ2n) is 19.0. The van der Waals surface area contributed by atoms with Crippen molar-refractivity contribution in [3.63, 3.8) is 0 Å². The molecule has 0 saturated carbocycles. The largest absolute Gasteiger partial charge is 0.458 e. The fraction of sp³-hybridized carbons (Fsp3) is 0.158. The van der Waals surface area contributed by atoms with Crippen LogP contribution in [-0.4, -0.2) is 6.71 Å². The van der Waals surface area contributed by atoms with Crippen molar-refractivity contribution in [2.24, 2.45) is 0 Å². The molecule has 8 aromatic rings. The van der Waals surface area contributed by atoms with Gasteiger partial charge < -0.3 is 14.5 Å². The average molecular weight is 789 g/mol. The molecule has 3 nitrogen and oxygen atoms in total. The van der Waals surface area contributed by atoms with E-state index < -0.39 is 5.41 Å². The molecule has 8 aromatic carbocycles. The summed E-state index contributed by atoms with van der Waals surface area (Å²) in [5, 5.41) is 0. The second-order valence-corrected chi connectivity index (χ2v) is 19.0. The van der Waals surface area contributed by atoms with Crippen LogP contribution in [0.1, 0.15) is 74.9 Å². The molecule has 0 aliphatic carbocycles. The van der Waals surface area contributed by atoms with Crippen molar-refractivity contribution < 1.29 is 4.74 Å². The molecule has 0 amide bonds. The highest BCUT2D eigenvalue weighted by atomic mass is 16.5. The van der Waals surface area contributed by atoms with Gasteiger partial charge in [0.15, 0.2) is 0 Å². The standard InChI is InChI=1S/C57H49BN2O/c1-55(2,3)40-33-41(56(4,5)6)35-44(34-40)60-48-31-19-29-46-52(48)58-53-47(57(46,38-21-11-7-12-22-38)39-23-13-8-14-24-39)30-20-32-50(53)61-51-37-45(36-49(60)54(51)58)59(42-25-15-9-16-26-42)43-27-17-10-18-28-43/h7-37H,1-6H3. The quantitative estimate of drug-likeness (QED) is 0.156. The van der Waals surface area contributed by atoms with Crippen LogP contribution >= 0.6 is 0 Å². The Morgan fingerprint density at radius 1 is 0.443 bits per heavy atom. The van der Waals surface area contributed by atoms with Crippen LogP contribution in [0.4, 0.5) is 34.1 Å². The van der Waals surface area contributed by atoms with E-state index in [1.54, 1.807) is 0 Å². The summed E-state index contributed by atoms with van der Waals surface area (Å²) in [6, 6.07) is 69.5. The smallest absolute Gasteiger partial charge is 0.257 e. The monoisotopic (exact) mass is 788 g/mol. The lowest BCUT2D eigenvalue weighted by atomic mass is 9.28. The fourth-order valence-electron chi connectivity index (χ4n) is 10.4. The van der Waals surface area contributed by atoms with Gasteiger partial charge in [-0.2, -0.15) is 0 Å². The minimum atomic E-state index is -0.596. The molecule has 3 aliphatic rings. The van der Waals surface area contributed by atoms with E-state index in [1.165, 1.54) is 55.5 Å². The van der Waals surface area contributed by atoms with E-state index in [0.717, 1.165) is 39.9 Å². The Morgan fingerprint density at radius 2 is 0.951 bits per heavy atom. The molecule has 0 radical (unpaired) electrons. The van der Waals surface area contributed by atoms with Crippen LogP contribution in [0.15, 0.2) is 188 Å². The molecule has 4 heteroatoms. The van der Waals surface area contributed by atoms with E-state index in [1.807, 2.05) is 0 Å². The van der Waals surface area contributed by atoms with Gasteiger partial charge in [-0.3, -0.25) is 0 Å². The third kappa shape index (κ3) is 5.65. The highest BCUT2D eigenvalue weighted by Crippen LogP contribution is 2.53. The Labute approximate surface area is 361 Å². The highest BCUT2D eigenvalue weighted by molar-refractivity contribution is 7.00. The van der Waals surface area contributed by atoms with Gasteiger partial charge in [0.05, 0.1) is 11.1 Å². The van der Waals surface area contributed by atoms with E-state index in [2.05, 4.69) is 239 Å². The van der Waals surface area contributed by atoms with E-state index in [4.69, 9.17) is 4.74 Å². The van der Waals surface area contributed by atoms with E-state index in [0.29, 0.717) is 0 Å². The van der Waals surface area contributed by atoms with Gasteiger partial charge in [-0.1, -0.05) is 169 Å². The molecule has 0 fully saturated rings. The molecular formula is C57H49BN2O. The Balaban J connectivity index is 1.29. The summed E-state index contributed by atoms with van der Waals surface area (Å²) in [6.07, 6.45) is 0. The van der Waals surface area contributed by atoms with Gasteiger partial charge in [0.25, 0.3) is 6.71 Å². The summed E-state index contributed by atoms with van der Waals surface area (Å²) in [6.45, 7) is 13.9. The predicted octanol–water partition coefficient (Wildman–Crippen LogP) is 12.9. The molecule has 11 rings (SSSR count). The van der Waals surface area contributed by atoms with Crippen molar-refractivity contribution in [3.05, 3.63) is 221 Å². The Hall–Kier alpha value is -6.78. The molecular weight excluding hydrogens is 739 g/mol. The third-order valence-electron chi connectivity index (χ3n) is 13.2. The van der Waals surface area contributed by atoms with Crippen LogP contribution in [0.25, 0.3) is 0 Å². The van der Waals surface area contributed by atoms with Gasteiger partial charge in [-0.05, 0) is 115 Å².